The maximum absolute atomic E-state index is 5.18. The standard InChI is InChI=1S/C15H27NO/c1-5-12-17-13-8-11-16-10-7-9-15(6-2)14(3)4/h1,7,9,14-16H,6,8,10-13H2,2-4H3/b9-7+. The summed E-state index contributed by atoms with van der Waals surface area (Å²) in [6.07, 6.45) is 11.9. The highest BCUT2D eigenvalue weighted by Gasteiger charge is 2.05. The van der Waals surface area contributed by atoms with E-state index >= 15 is 0 Å². The predicted octanol–water partition coefficient (Wildman–Crippen LogP) is 2.85. The van der Waals surface area contributed by atoms with Crippen molar-refractivity contribution in [2.45, 2.75) is 33.6 Å². The largest absolute Gasteiger partial charge is 0.369 e. The second-order valence-electron chi connectivity index (χ2n) is 4.56. The van der Waals surface area contributed by atoms with Gasteiger partial charge in [0.1, 0.15) is 6.61 Å². The van der Waals surface area contributed by atoms with E-state index in [4.69, 9.17) is 11.2 Å². The lowest BCUT2D eigenvalue weighted by atomic mass is 9.93. The van der Waals surface area contributed by atoms with Gasteiger partial charge in [0.2, 0.25) is 0 Å². The van der Waals surface area contributed by atoms with Crippen LogP contribution in [0.3, 0.4) is 0 Å². The number of rotatable bonds is 10. The number of terminal acetylenes is 1. The second-order valence-corrected chi connectivity index (χ2v) is 4.56. The van der Waals surface area contributed by atoms with Crippen molar-refractivity contribution in [1.82, 2.24) is 5.32 Å². The van der Waals surface area contributed by atoms with Gasteiger partial charge in [-0.3, -0.25) is 0 Å². The van der Waals surface area contributed by atoms with Crippen molar-refractivity contribution < 1.29 is 4.74 Å². The molecule has 1 unspecified atom stereocenters. The van der Waals surface area contributed by atoms with Gasteiger partial charge >= 0.3 is 0 Å². The van der Waals surface area contributed by atoms with Crippen LogP contribution in [0, 0.1) is 24.2 Å². The van der Waals surface area contributed by atoms with Crippen LogP contribution in [0.2, 0.25) is 0 Å². The lowest BCUT2D eigenvalue weighted by Gasteiger charge is -2.13. The Bertz CT molecular complexity index is 228. The Balaban J connectivity index is 3.38. The first-order valence-electron chi connectivity index (χ1n) is 6.60. The van der Waals surface area contributed by atoms with E-state index in [0.29, 0.717) is 12.5 Å². The van der Waals surface area contributed by atoms with Gasteiger partial charge in [-0.2, -0.15) is 0 Å². The summed E-state index contributed by atoms with van der Waals surface area (Å²) >= 11 is 0. The first kappa shape index (κ1) is 16.2. The first-order valence-corrected chi connectivity index (χ1v) is 6.60. The Labute approximate surface area is 107 Å². The molecule has 0 aromatic rings. The summed E-state index contributed by atoms with van der Waals surface area (Å²) in [6.45, 7) is 9.87. The van der Waals surface area contributed by atoms with Crippen LogP contribution >= 0.6 is 0 Å². The van der Waals surface area contributed by atoms with E-state index in [0.717, 1.165) is 32.0 Å². The molecule has 0 spiro atoms. The smallest absolute Gasteiger partial charge is 0.107 e. The van der Waals surface area contributed by atoms with Crippen LogP contribution in [0.5, 0.6) is 0 Å². The Kier molecular flexibility index (Phi) is 11.2. The first-order chi connectivity index (χ1) is 8.22. The summed E-state index contributed by atoms with van der Waals surface area (Å²) in [6, 6.07) is 0. The maximum atomic E-state index is 5.18. The Morgan fingerprint density at radius 1 is 1.41 bits per heavy atom. The monoisotopic (exact) mass is 237 g/mol. The molecule has 0 saturated carbocycles. The van der Waals surface area contributed by atoms with Crippen LogP contribution in [0.15, 0.2) is 12.2 Å². The zero-order valence-electron chi connectivity index (χ0n) is 11.5. The number of hydrogen-bond donors (Lipinski definition) is 1. The normalized spacial score (nSPS) is 13.1. The van der Waals surface area contributed by atoms with E-state index in [2.05, 4.69) is 44.2 Å². The number of ether oxygens (including phenoxy) is 1. The molecule has 0 aromatic heterocycles. The summed E-state index contributed by atoms with van der Waals surface area (Å²) in [5.74, 6) is 3.89. The Hall–Kier alpha value is -0.780. The number of allylic oxidation sites excluding steroid dienone is 1. The fourth-order valence-corrected chi connectivity index (χ4v) is 1.69. The minimum Gasteiger partial charge on any atom is -0.369 e. The zero-order chi connectivity index (χ0) is 12.9. The lowest BCUT2D eigenvalue weighted by molar-refractivity contribution is 0.164. The minimum atomic E-state index is 0.423. The van der Waals surface area contributed by atoms with Crippen LogP contribution in [-0.4, -0.2) is 26.3 Å². The molecule has 0 rings (SSSR count). The van der Waals surface area contributed by atoms with E-state index in [1.54, 1.807) is 0 Å². The molecule has 0 aliphatic rings. The van der Waals surface area contributed by atoms with Crippen molar-refractivity contribution in [3.05, 3.63) is 12.2 Å². The highest BCUT2D eigenvalue weighted by Crippen LogP contribution is 2.15. The van der Waals surface area contributed by atoms with Gasteiger partial charge in [-0.15, -0.1) is 6.42 Å². The third-order valence-corrected chi connectivity index (χ3v) is 2.80. The molecule has 0 saturated heterocycles. The van der Waals surface area contributed by atoms with E-state index in [1.165, 1.54) is 6.42 Å². The van der Waals surface area contributed by atoms with Gasteiger partial charge in [-0.1, -0.05) is 38.8 Å². The zero-order valence-corrected chi connectivity index (χ0v) is 11.5. The van der Waals surface area contributed by atoms with Crippen LogP contribution in [-0.2, 0) is 4.74 Å². The van der Waals surface area contributed by atoms with Crippen LogP contribution in [0.1, 0.15) is 33.6 Å². The Morgan fingerprint density at radius 2 is 2.18 bits per heavy atom. The third-order valence-electron chi connectivity index (χ3n) is 2.80. The number of nitrogens with one attached hydrogen (secondary N) is 1. The van der Waals surface area contributed by atoms with Crippen molar-refractivity contribution in [2.24, 2.45) is 11.8 Å². The third kappa shape index (κ3) is 10.1. The molecule has 0 heterocycles. The molecule has 17 heavy (non-hydrogen) atoms. The number of hydrogen-bond acceptors (Lipinski definition) is 2. The summed E-state index contributed by atoms with van der Waals surface area (Å²) in [5, 5.41) is 3.36. The molecule has 0 aromatic carbocycles. The van der Waals surface area contributed by atoms with Gasteiger partial charge in [0.05, 0.1) is 0 Å². The van der Waals surface area contributed by atoms with Crippen molar-refractivity contribution in [3.8, 4) is 12.3 Å². The molecular formula is C15H27NO. The molecule has 1 atom stereocenters. The summed E-state index contributed by atoms with van der Waals surface area (Å²) in [4.78, 5) is 0. The summed E-state index contributed by atoms with van der Waals surface area (Å²) < 4.78 is 5.18. The average Bonchev–Trinajstić information content (AvgIpc) is 2.31. The quantitative estimate of drug-likeness (QED) is 0.358. The molecular weight excluding hydrogens is 210 g/mol. The average molecular weight is 237 g/mol. The van der Waals surface area contributed by atoms with E-state index < -0.39 is 0 Å². The van der Waals surface area contributed by atoms with Gasteiger partial charge in [0.25, 0.3) is 0 Å². The fourth-order valence-electron chi connectivity index (χ4n) is 1.69. The minimum absolute atomic E-state index is 0.423. The summed E-state index contributed by atoms with van der Waals surface area (Å²) in [7, 11) is 0. The molecule has 98 valence electrons. The highest BCUT2D eigenvalue weighted by molar-refractivity contribution is 4.90. The van der Waals surface area contributed by atoms with Crippen molar-refractivity contribution in [2.75, 3.05) is 26.3 Å². The second kappa shape index (κ2) is 11.7. The molecule has 0 bridgehead atoms. The van der Waals surface area contributed by atoms with Gasteiger partial charge in [-0.25, -0.2) is 0 Å². The molecule has 0 radical (unpaired) electrons. The van der Waals surface area contributed by atoms with Crippen LogP contribution in [0.25, 0.3) is 0 Å². The highest BCUT2D eigenvalue weighted by atomic mass is 16.5. The fraction of sp³-hybridized carbons (Fsp3) is 0.733. The maximum Gasteiger partial charge on any atom is 0.107 e. The van der Waals surface area contributed by atoms with Crippen molar-refractivity contribution in [1.29, 1.82) is 0 Å². The van der Waals surface area contributed by atoms with Gasteiger partial charge in [-0.05, 0) is 31.2 Å². The van der Waals surface area contributed by atoms with Crippen molar-refractivity contribution >= 4 is 0 Å². The van der Waals surface area contributed by atoms with Gasteiger partial charge < -0.3 is 10.1 Å². The molecule has 2 nitrogen and oxygen atoms in total. The van der Waals surface area contributed by atoms with Crippen molar-refractivity contribution in [3.63, 3.8) is 0 Å². The van der Waals surface area contributed by atoms with Crippen LogP contribution < -0.4 is 5.32 Å². The molecule has 0 aliphatic carbocycles. The van der Waals surface area contributed by atoms with Gasteiger partial charge in [0, 0.05) is 13.2 Å². The molecule has 1 N–H and O–H groups in total. The van der Waals surface area contributed by atoms with Crippen LogP contribution in [0.4, 0.5) is 0 Å². The lowest BCUT2D eigenvalue weighted by Crippen LogP contribution is -2.17. The summed E-state index contributed by atoms with van der Waals surface area (Å²) in [5.41, 5.74) is 0. The topological polar surface area (TPSA) is 21.3 Å². The van der Waals surface area contributed by atoms with E-state index in [-0.39, 0.29) is 0 Å². The SMILES string of the molecule is C#CCOCCCNC/C=C/C(CC)C(C)C. The molecule has 2 heteroatoms. The van der Waals surface area contributed by atoms with E-state index in [1.807, 2.05) is 0 Å². The Morgan fingerprint density at radius 3 is 2.76 bits per heavy atom. The predicted molar refractivity (Wildman–Crippen MR) is 74.9 cm³/mol. The molecule has 0 aliphatic heterocycles. The van der Waals surface area contributed by atoms with E-state index in [9.17, 15) is 0 Å². The van der Waals surface area contributed by atoms with Gasteiger partial charge in [0.15, 0.2) is 0 Å². The molecule has 0 fully saturated rings. The molecule has 0 amide bonds.